The fourth-order valence-corrected chi connectivity index (χ4v) is 13.9. The van der Waals surface area contributed by atoms with Crippen LogP contribution in [0.25, 0.3) is 0 Å². The fourth-order valence-electron chi connectivity index (χ4n) is 13.9. The van der Waals surface area contributed by atoms with E-state index in [1.807, 2.05) is 6.20 Å². The highest BCUT2D eigenvalue weighted by atomic mass is 16.7. The maximum absolute atomic E-state index is 13.6. The lowest BCUT2D eigenvalue weighted by molar-refractivity contribution is -0.754. The van der Waals surface area contributed by atoms with Crippen LogP contribution >= 0.6 is 0 Å². The summed E-state index contributed by atoms with van der Waals surface area (Å²) in [6, 6.07) is -5.48. The highest BCUT2D eigenvalue weighted by Crippen LogP contribution is 2.27. The van der Waals surface area contributed by atoms with Gasteiger partial charge in [0.15, 0.2) is 31.4 Å². The van der Waals surface area contributed by atoms with Gasteiger partial charge in [0, 0.05) is 71.0 Å². The van der Waals surface area contributed by atoms with Crippen LogP contribution in [0.2, 0.25) is 0 Å². The van der Waals surface area contributed by atoms with Crippen molar-refractivity contribution in [2.75, 3.05) is 165 Å². The average Bonchev–Trinajstić information content (AvgIpc) is 1.01. The van der Waals surface area contributed by atoms with E-state index < -0.39 is 185 Å². The number of hydrogen-bond acceptors (Lipinski definition) is 42. The van der Waals surface area contributed by atoms with Gasteiger partial charge in [0.25, 0.3) is 0 Å². The van der Waals surface area contributed by atoms with E-state index in [1.165, 1.54) is 27.7 Å². The summed E-state index contributed by atoms with van der Waals surface area (Å²) in [4.78, 5) is 64.7. The monoisotopic (exact) mass is 1810 g/mol. The van der Waals surface area contributed by atoms with E-state index >= 15 is 0 Å². The number of carboxylic acid groups (broad SMARTS) is 1. The van der Waals surface area contributed by atoms with Crippen molar-refractivity contribution in [1.29, 1.82) is 0 Å². The van der Waals surface area contributed by atoms with Crippen LogP contribution in [0.4, 0.5) is 0 Å². The van der Waals surface area contributed by atoms with Crippen LogP contribution in [0.15, 0.2) is 24.8 Å². The third-order valence-electron chi connectivity index (χ3n) is 20.2. The standard InChI is InChI=1S/C74H126N18O34/c1-45(97)75-58-66(105)62(101)54(41-93)123-71(58)119-29-25-115-21-17-111-13-9-89-37-49(79-83-89)33-87(34-50-38-90(84-80-50)10-14-112-18-22-116-26-30-120-72-59(76-46(2)98)67(106)63(102)55(42-94)124-72)8-6-5-7-53(70(109)110)88(35-51-39-91(85-81-51)11-15-113-19-23-117-27-31-121-73-60(77-47(3)99)68(107)64(103)56(43-95)125-73)36-52-40-92(86-82-52)12-16-114-20-24-118-28-32-122-74-61(78-48(4)100)69(108)65(104)57(44-96)126-74/h37-40,53-69,71-74,93-96,101-108H,5-36,41-44H2,1-4H3,(H5,75,76,77,78,97,98,99,100,109,110)/p+1/t53-,54?,55?,56?,57?,58?,59?,60?,61?,62?,63?,64?,65?,66?,67?,68?,69?,71?,72?,73?,74?/m0/s1. The number of nitrogens with one attached hydrogen (secondary N) is 5. The molecular formula is C74H127N18O34+. The minimum absolute atomic E-state index is 0.0106. The number of aliphatic carboxylic acids is 1. The van der Waals surface area contributed by atoms with Gasteiger partial charge in [-0.15, -0.1) is 15.3 Å². The number of hydrogen-bond donors (Lipinski definition) is 18. The summed E-state index contributed by atoms with van der Waals surface area (Å²) in [6.07, 6.45) is -12.8. The number of amides is 4. The van der Waals surface area contributed by atoms with Gasteiger partial charge in [-0.3, -0.25) is 33.8 Å². The van der Waals surface area contributed by atoms with Gasteiger partial charge in [-0.25, -0.2) is 14.0 Å². The Hall–Kier alpha value is -7.29. The lowest BCUT2D eigenvalue weighted by Gasteiger charge is -2.42. The summed E-state index contributed by atoms with van der Waals surface area (Å²) in [7, 11) is 0. The molecule has 4 aromatic heterocycles. The van der Waals surface area contributed by atoms with E-state index in [1.54, 1.807) is 42.2 Å². The van der Waals surface area contributed by atoms with E-state index in [-0.39, 0.29) is 165 Å². The molecule has 4 aliphatic heterocycles. The number of H-pyrrole nitrogens is 1. The highest BCUT2D eigenvalue weighted by Gasteiger charge is 2.49. The van der Waals surface area contributed by atoms with E-state index in [9.17, 15) is 90.4 Å². The van der Waals surface area contributed by atoms with Crippen molar-refractivity contribution in [3.05, 3.63) is 47.6 Å². The molecule has 0 bridgehead atoms. The lowest BCUT2D eigenvalue weighted by Crippen LogP contribution is -2.64. The summed E-state index contributed by atoms with van der Waals surface area (Å²) in [5.41, 5.74) is 2.16. The first kappa shape index (κ1) is 104. The van der Waals surface area contributed by atoms with Crippen LogP contribution in [0.5, 0.6) is 0 Å². The Kier molecular flexibility index (Phi) is 46.5. The zero-order valence-corrected chi connectivity index (χ0v) is 71.1. The quantitative estimate of drug-likeness (QED) is 0.0144. The van der Waals surface area contributed by atoms with Crippen molar-refractivity contribution in [2.45, 2.75) is 228 Å². The number of aliphatic hydroxyl groups excluding tert-OH is 12. The Labute approximate surface area is 725 Å². The van der Waals surface area contributed by atoms with Gasteiger partial charge in [-0.1, -0.05) is 27.3 Å². The summed E-state index contributed by atoms with van der Waals surface area (Å²) in [5.74, 6) is -3.06. The molecule has 4 saturated heterocycles. The van der Waals surface area contributed by atoms with E-state index in [0.29, 0.717) is 68.3 Å². The number of aromatic nitrogens is 12. The SMILES string of the molecule is CC(=O)NC1C(OCCOCCOCCn2cc(CN(CCCC[C@@H](C(=O)O)N(Cc3cn(CCOCCOCCOC4OC(CO)C(O)C(O)C4NC(C)=O)nn3)Cc3cn(CCOCCOCCOC4OC(CO)C(O)C(O)C4NC(C)=O)nn3)Cc3c[n+](CCOCCOCCOC4OC(CO)C(O)C(O)C4NC(C)=O)[nH]n3)nn2)OC(CO)C(O)C1O. The second-order valence-corrected chi connectivity index (χ2v) is 30.0. The van der Waals surface area contributed by atoms with Crippen molar-refractivity contribution >= 4 is 29.6 Å². The van der Waals surface area contributed by atoms with Crippen LogP contribution in [-0.2, 0) is 152 Å². The fraction of sp³-hybridized carbons (Fsp3) is 0.824. The van der Waals surface area contributed by atoms with Crippen LogP contribution in [0.1, 0.15) is 69.7 Å². The van der Waals surface area contributed by atoms with Gasteiger partial charge < -0.3 is 163 Å². The molecule has 52 nitrogen and oxygen atoms in total. The molecule has 0 aromatic carbocycles. The Bertz CT molecular complexity index is 3520. The molecule has 52 heteroatoms. The molecule has 4 fully saturated rings. The van der Waals surface area contributed by atoms with Crippen LogP contribution in [0.3, 0.4) is 0 Å². The van der Waals surface area contributed by atoms with Gasteiger partial charge in [-0.05, 0) is 19.4 Å². The molecule has 18 N–H and O–H groups in total. The predicted octanol–water partition coefficient (Wildman–Crippen LogP) is -11.2. The molecule has 716 valence electrons. The largest absolute Gasteiger partial charge is 0.480 e. The van der Waals surface area contributed by atoms with E-state index in [0.717, 1.165) is 0 Å². The third-order valence-corrected chi connectivity index (χ3v) is 20.2. The Morgan fingerprint density at radius 1 is 0.413 bits per heavy atom. The van der Waals surface area contributed by atoms with Gasteiger partial charge in [0.1, 0.15) is 110 Å². The molecule has 4 amide bonds. The van der Waals surface area contributed by atoms with Crippen LogP contribution < -0.4 is 25.9 Å². The zero-order valence-electron chi connectivity index (χ0n) is 71.1. The number of aromatic amines is 1. The lowest BCUT2D eigenvalue weighted by atomic mass is 9.97. The molecule has 8 rings (SSSR count). The molecule has 20 unspecified atom stereocenters. The molecule has 126 heavy (non-hydrogen) atoms. The van der Waals surface area contributed by atoms with Crippen molar-refractivity contribution < 1.29 is 171 Å². The van der Waals surface area contributed by atoms with Gasteiger partial charge >= 0.3 is 5.97 Å². The van der Waals surface area contributed by atoms with Crippen molar-refractivity contribution in [3.8, 4) is 0 Å². The number of aliphatic hydroxyl groups is 12. The summed E-state index contributed by atoms with van der Waals surface area (Å²) in [5, 5.41) is 177. The normalized spacial score (nSPS) is 26.7. The first-order chi connectivity index (χ1) is 60.8. The Morgan fingerprint density at radius 3 is 1.02 bits per heavy atom. The Morgan fingerprint density at radius 2 is 0.706 bits per heavy atom. The van der Waals surface area contributed by atoms with Crippen molar-refractivity contribution in [1.82, 2.24) is 86.4 Å². The number of carboxylic acids is 1. The number of unbranched alkanes of at least 4 members (excludes halogenated alkanes) is 1. The Balaban J connectivity index is 0.846. The van der Waals surface area contributed by atoms with Crippen molar-refractivity contribution in [2.24, 2.45) is 0 Å². The van der Waals surface area contributed by atoms with Gasteiger partial charge in [0.05, 0.1) is 202 Å². The predicted molar refractivity (Wildman–Crippen MR) is 419 cm³/mol. The minimum atomic E-state index is -1.47. The van der Waals surface area contributed by atoms with E-state index in [4.69, 9.17) is 75.8 Å². The average molecular weight is 1810 g/mol. The number of carbonyl (C=O) groups is 5. The maximum atomic E-state index is 13.6. The molecule has 0 radical (unpaired) electrons. The van der Waals surface area contributed by atoms with Gasteiger partial charge in [0.2, 0.25) is 29.3 Å². The molecule has 0 spiro atoms. The minimum Gasteiger partial charge on any atom is -0.480 e. The van der Waals surface area contributed by atoms with Crippen LogP contribution in [0, 0.1) is 0 Å². The zero-order chi connectivity index (χ0) is 90.9. The first-order valence-electron chi connectivity index (χ1n) is 41.7. The number of carbonyl (C=O) groups excluding carboxylic acids is 4. The number of rotatable bonds is 63. The van der Waals surface area contributed by atoms with Crippen LogP contribution in [-0.4, -0.2) is 455 Å². The molecular weight excluding hydrogens is 1680 g/mol. The van der Waals surface area contributed by atoms with Gasteiger partial charge in [-0.2, -0.15) is 4.68 Å². The number of nitrogens with zero attached hydrogens (tertiary/aromatic N) is 13. The smallest absolute Gasteiger partial charge is 0.320 e. The molecule has 4 aromatic rings. The third kappa shape index (κ3) is 34.9. The highest BCUT2D eigenvalue weighted by molar-refractivity contribution is 5.75. The maximum Gasteiger partial charge on any atom is 0.320 e. The summed E-state index contributed by atoms with van der Waals surface area (Å²) >= 11 is 0. The molecule has 0 saturated carbocycles. The molecule has 4 aliphatic rings. The summed E-state index contributed by atoms with van der Waals surface area (Å²) in [6.45, 7) is 7.50. The second kappa shape index (κ2) is 56.3. The second-order valence-electron chi connectivity index (χ2n) is 30.0. The van der Waals surface area contributed by atoms with E-state index in [2.05, 4.69) is 67.4 Å². The molecule has 8 heterocycles. The number of ether oxygens (including phenoxy) is 16. The van der Waals surface area contributed by atoms with Crippen molar-refractivity contribution in [3.63, 3.8) is 0 Å². The topological polar surface area (TPSA) is 675 Å². The molecule has 0 aliphatic carbocycles. The first-order valence-corrected chi connectivity index (χ1v) is 41.7. The summed E-state index contributed by atoms with van der Waals surface area (Å²) < 4.78 is 97.6. The molecule has 21 atom stereocenters.